The molecule has 0 heterocycles. The van der Waals surface area contributed by atoms with E-state index in [2.05, 4.69) is 58.5 Å². The van der Waals surface area contributed by atoms with Crippen LogP contribution in [0.3, 0.4) is 0 Å². The van der Waals surface area contributed by atoms with E-state index < -0.39 is 8.32 Å². The number of rotatable bonds is 8. The molecule has 0 aliphatic rings. The molecule has 0 bridgehead atoms. The molecule has 19 heavy (non-hydrogen) atoms. The molecular weight excluding hydrogens is 248 g/mol. The molecule has 0 saturated heterocycles. The first-order valence-electron chi connectivity index (χ1n) is 6.86. The van der Waals surface area contributed by atoms with Crippen LogP contribution in [0.2, 0.25) is 19.1 Å². The zero-order valence-corrected chi connectivity index (χ0v) is 14.1. The summed E-state index contributed by atoms with van der Waals surface area (Å²) in [5, 5.41) is 0. The summed E-state index contributed by atoms with van der Waals surface area (Å²) >= 11 is 0. The van der Waals surface area contributed by atoms with Gasteiger partial charge in [-0.05, 0) is 58.8 Å². The van der Waals surface area contributed by atoms with E-state index >= 15 is 0 Å². The van der Waals surface area contributed by atoms with Gasteiger partial charge in [-0.25, -0.2) is 0 Å². The second-order valence-electron chi connectivity index (χ2n) is 5.79. The van der Waals surface area contributed by atoms with Gasteiger partial charge in [0.1, 0.15) is 6.10 Å². The molecule has 0 amide bonds. The van der Waals surface area contributed by atoms with Crippen molar-refractivity contribution in [3.63, 3.8) is 0 Å². The zero-order chi connectivity index (χ0) is 14.9. The molecule has 106 valence electrons. The Morgan fingerprint density at radius 1 is 1.37 bits per heavy atom. The van der Waals surface area contributed by atoms with Gasteiger partial charge in [0.05, 0.1) is 0 Å². The molecule has 0 aromatic carbocycles. The monoisotopic (exact) mass is 276 g/mol. The fourth-order valence-electron chi connectivity index (χ4n) is 1.79. The first kappa shape index (κ1) is 18.0. The van der Waals surface area contributed by atoms with Crippen LogP contribution < -0.4 is 0 Å². The standard InChI is InChI=1S/C17H28OSi/c1-8-13-19(6,7)18-17(9-2)14-16(5)12-10-11-15(3)4/h2,8,11,14,17H,1,10,12-13H2,3-7H3/b16-14+. The molecule has 2 heteroatoms. The molecule has 0 radical (unpaired) electrons. The van der Waals surface area contributed by atoms with E-state index in [1.807, 2.05) is 6.08 Å². The van der Waals surface area contributed by atoms with Crippen molar-refractivity contribution in [3.05, 3.63) is 36.0 Å². The van der Waals surface area contributed by atoms with E-state index in [1.165, 1.54) is 11.1 Å². The van der Waals surface area contributed by atoms with E-state index in [0.717, 1.165) is 18.9 Å². The first-order valence-corrected chi connectivity index (χ1v) is 9.98. The third-order valence-electron chi connectivity index (χ3n) is 2.77. The molecule has 1 nitrogen and oxygen atoms in total. The Labute approximate surface area is 120 Å². The molecule has 0 aliphatic carbocycles. The van der Waals surface area contributed by atoms with E-state index in [4.69, 9.17) is 10.8 Å². The van der Waals surface area contributed by atoms with E-state index in [-0.39, 0.29) is 6.10 Å². The molecule has 1 unspecified atom stereocenters. The zero-order valence-electron chi connectivity index (χ0n) is 13.1. The van der Waals surface area contributed by atoms with Crippen LogP contribution in [-0.2, 0) is 4.43 Å². The molecule has 0 aromatic heterocycles. The maximum atomic E-state index is 6.07. The van der Waals surface area contributed by atoms with Crippen molar-refractivity contribution in [2.45, 2.75) is 58.9 Å². The van der Waals surface area contributed by atoms with Gasteiger partial charge >= 0.3 is 0 Å². The van der Waals surface area contributed by atoms with Crippen LogP contribution in [0.25, 0.3) is 0 Å². The molecule has 0 saturated carbocycles. The van der Waals surface area contributed by atoms with Crippen LogP contribution >= 0.6 is 0 Å². The highest BCUT2D eigenvalue weighted by Gasteiger charge is 2.23. The second kappa shape index (κ2) is 8.96. The normalized spacial score (nSPS) is 13.6. The lowest BCUT2D eigenvalue weighted by Crippen LogP contribution is -2.33. The Bertz CT molecular complexity index is 379. The second-order valence-corrected chi connectivity index (χ2v) is 9.95. The van der Waals surface area contributed by atoms with Crippen LogP contribution in [0.1, 0.15) is 33.6 Å². The topological polar surface area (TPSA) is 9.23 Å². The molecule has 0 N–H and O–H groups in total. The van der Waals surface area contributed by atoms with Crippen LogP contribution in [-0.4, -0.2) is 14.4 Å². The Balaban J connectivity index is 4.50. The van der Waals surface area contributed by atoms with Gasteiger partial charge in [0.2, 0.25) is 0 Å². The van der Waals surface area contributed by atoms with Gasteiger partial charge < -0.3 is 4.43 Å². The van der Waals surface area contributed by atoms with Crippen molar-refractivity contribution in [3.8, 4) is 12.3 Å². The smallest absolute Gasteiger partial charge is 0.192 e. The molecule has 0 aromatic rings. The quantitative estimate of drug-likeness (QED) is 0.341. The average molecular weight is 276 g/mol. The summed E-state index contributed by atoms with van der Waals surface area (Å²) < 4.78 is 6.07. The Kier molecular flexibility index (Phi) is 8.46. The molecule has 0 aliphatic heterocycles. The van der Waals surface area contributed by atoms with Gasteiger partial charge in [-0.1, -0.05) is 29.2 Å². The van der Waals surface area contributed by atoms with E-state index in [0.29, 0.717) is 0 Å². The predicted molar refractivity (Wildman–Crippen MR) is 88.6 cm³/mol. The van der Waals surface area contributed by atoms with Crippen LogP contribution in [0.4, 0.5) is 0 Å². The largest absolute Gasteiger partial charge is 0.400 e. The number of allylic oxidation sites excluding steroid dienone is 4. The van der Waals surface area contributed by atoms with Crippen LogP contribution in [0, 0.1) is 12.3 Å². The van der Waals surface area contributed by atoms with E-state index in [9.17, 15) is 0 Å². The SMILES string of the molecule is C#CC(/C=C(\C)CCC=C(C)C)O[Si](C)(C)CC=C. The lowest BCUT2D eigenvalue weighted by Gasteiger charge is -2.24. The fraction of sp³-hybridized carbons (Fsp3) is 0.529. The van der Waals surface area contributed by atoms with Gasteiger partial charge in [-0.15, -0.1) is 13.0 Å². The molecule has 1 atom stereocenters. The first-order chi connectivity index (χ1) is 8.80. The number of hydrogen-bond acceptors (Lipinski definition) is 1. The highest BCUT2D eigenvalue weighted by molar-refractivity contribution is 6.71. The summed E-state index contributed by atoms with van der Waals surface area (Å²) in [5.41, 5.74) is 2.65. The Morgan fingerprint density at radius 3 is 2.47 bits per heavy atom. The van der Waals surface area contributed by atoms with Crippen molar-refractivity contribution in [2.75, 3.05) is 0 Å². The minimum Gasteiger partial charge on any atom is -0.400 e. The van der Waals surface area contributed by atoms with Crippen molar-refractivity contribution >= 4 is 8.32 Å². The van der Waals surface area contributed by atoms with Gasteiger partial charge in [-0.3, -0.25) is 0 Å². The molecular formula is C17H28OSi. The molecule has 0 rings (SSSR count). The van der Waals surface area contributed by atoms with Crippen LogP contribution in [0.5, 0.6) is 0 Å². The molecule has 0 spiro atoms. The third kappa shape index (κ3) is 9.52. The van der Waals surface area contributed by atoms with Gasteiger partial charge in [0.25, 0.3) is 0 Å². The molecule has 0 fully saturated rings. The van der Waals surface area contributed by atoms with Crippen molar-refractivity contribution in [1.29, 1.82) is 0 Å². The van der Waals surface area contributed by atoms with Gasteiger partial charge in [0.15, 0.2) is 8.32 Å². The highest BCUT2D eigenvalue weighted by Crippen LogP contribution is 2.16. The van der Waals surface area contributed by atoms with Crippen molar-refractivity contribution < 1.29 is 4.43 Å². The maximum absolute atomic E-state index is 6.07. The fourth-order valence-corrected chi connectivity index (χ4v) is 3.40. The minimum atomic E-state index is -1.72. The summed E-state index contributed by atoms with van der Waals surface area (Å²) in [6.07, 6.45) is 13.7. The summed E-state index contributed by atoms with van der Waals surface area (Å²) in [5.74, 6) is 2.73. The summed E-state index contributed by atoms with van der Waals surface area (Å²) in [4.78, 5) is 0. The lowest BCUT2D eigenvalue weighted by molar-refractivity contribution is 0.294. The van der Waals surface area contributed by atoms with E-state index in [1.54, 1.807) is 0 Å². The predicted octanol–water partition coefficient (Wildman–Crippen LogP) is 5.09. The number of hydrogen-bond donors (Lipinski definition) is 0. The average Bonchev–Trinajstić information content (AvgIpc) is 2.26. The summed E-state index contributed by atoms with van der Waals surface area (Å²) in [6.45, 7) is 14.5. The van der Waals surface area contributed by atoms with Gasteiger partial charge in [-0.2, -0.15) is 0 Å². The van der Waals surface area contributed by atoms with Crippen molar-refractivity contribution in [2.24, 2.45) is 0 Å². The Morgan fingerprint density at radius 2 is 2.00 bits per heavy atom. The highest BCUT2D eigenvalue weighted by atomic mass is 28.4. The third-order valence-corrected chi connectivity index (χ3v) is 4.94. The van der Waals surface area contributed by atoms with Crippen molar-refractivity contribution in [1.82, 2.24) is 0 Å². The number of terminal acetylenes is 1. The Hall–Kier alpha value is -1.04. The van der Waals surface area contributed by atoms with Gasteiger partial charge in [0, 0.05) is 0 Å². The summed E-state index contributed by atoms with van der Waals surface area (Å²) in [6, 6.07) is 0.926. The lowest BCUT2D eigenvalue weighted by atomic mass is 10.1. The maximum Gasteiger partial charge on any atom is 0.192 e. The summed E-state index contributed by atoms with van der Waals surface area (Å²) in [7, 11) is -1.72. The van der Waals surface area contributed by atoms with Crippen LogP contribution in [0.15, 0.2) is 36.0 Å². The minimum absolute atomic E-state index is 0.201.